The van der Waals surface area contributed by atoms with Crippen molar-refractivity contribution >= 4 is 5.97 Å². The van der Waals surface area contributed by atoms with Gasteiger partial charge in [0.05, 0.1) is 5.69 Å². The van der Waals surface area contributed by atoms with E-state index in [-0.39, 0.29) is 6.54 Å². The lowest BCUT2D eigenvalue weighted by molar-refractivity contribution is -0.192. The molecular weight excluding hydrogens is 249 g/mol. The van der Waals surface area contributed by atoms with Gasteiger partial charge in [-0.05, 0) is 19.1 Å². The SMILES string of the molecule is Cc1cccc(CNCC(C(=O)O)C(F)(F)F)n1. The molecule has 0 spiro atoms. The highest BCUT2D eigenvalue weighted by Crippen LogP contribution is 2.25. The van der Waals surface area contributed by atoms with Crippen LogP contribution < -0.4 is 5.32 Å². The number of carboxylic acid groups (broad SMARTS) is 1. The zero-order valence-electron chi connectivity index (χ0n) is 9.66. The number of nitrogens with one attached hydrogen (secondary N) is 1. The molecule has 1 aromatic heterocycles. The minimum atomic E-state index is -4.75. The van der Waals surface area contributed by atoms with E-state index in [2.05, 4.69) is 10.3 Å². The number of hydrogen-bond acceptors (Lipinski definition) is 3. The molecule has 4 nitrogen and oxygen atoms in total. The Balaban J connectivity index is 2.52. The fourth-order valence-corrected chi connectivity index (χ4v) is 1.39. The van der Waals surface area contributed by atoms with E-state index in [1.165, 1.54) is 0 Å². The second-order valence-electron chi connectivity index (χ2n) is 3.83. The van der Waals surface area contributed by atoms with Crippen molar-refractivity contribution < 1.29 is 23.1 Å². The van der Waals surface area contributed by atoms with Crippen molar-refractivity contribution in [1.29, 1.82) is 0 Å². The maximum Gasteiger partial charge on any atom is 0.403 e. The third-order valence-electron chi connectivity index (χ3n) is 2.29. The van der Waals surface area contributed by atoms with Gasteiger partial charge in [-0.3, -0.25) is 9.78 Å². The van der Waals surface area contributed by atoms with Gasteiger partial charge >= 0.3 is 12.1 Å². The number of carboxylic acids is 1. The number of carbonyl (C=O) groups is 1. The minimum absolute atomic E-state index is 0.0987. The summed E-state index contributed by atoms with van der Waals surface area (Å²) in [6, 6.07) is 5.15. The van der Waals surface area contributed by atoms with Gasteiger partial charge in [0.25, 0.3) is 0 Å². The molecule has 0 bridgehead atoms. The van der Waals surface area contributed by atoms with Crippen LogP contribution >= 0.6 is 0 Å². The number of halogens is 3. The van der Waals surface area contributed by atoms with Crippen LogP contribution in [0, 0.1) is 12.8 Å². The van der Waals surface area contributed by atoms with Crippen LogP contribution in [0.15, 0.2) is 18.2 Å². The molecule has 1 atom stereocenters. The highest BCUT2D eigenvalue weighted by molar-refractivity contribution is 5.71. The zero-order chi connectivity index (χ0) is 13.8. The van der Waals surface area contributed by atoms with Crippen LogP contribution in [-0.2, 0) is 11.3 Å². The van der Waals surface area contributed by atoms with Gasteiger partial charge in [0.1, 0.15) is 0 Å². The van der Waals surface area contributed by atoms with Crippen LogP contribution in [0.3, 0.4) is 0 Å². The Morgan fingerprint density at radius 1 is 1.50 bits per heavy atom. The second kappa shape index (κ2) is 5.81. The minimum Gasteiger partial charge on any atom is -0.481 e. The molecule has 100 valence electrons. The normalized spacial score (nSPS) is 13.3. The molecule has 0 amide bonds. The van der Waals surface area contributed by atoms with Gasteiger partial charge in [-0.1, -0.05) is 6.07 Å². The Morgan fingerprint density at radius 3 is 2.67 bits per heavy atom. The molecule has 0 saturated carbocycles. The summed E-state index contributed by atoms with van der Waals surface area (Å²) >= 11 is 0. The fourth-order valence-electron chi connectivity index (χ4n) is 1.39. The van der Waals surface area contributed by atoms with E-state index in [0.29, 0.717) is 5.69 Å². The van der Waals surface area contributed by atoms with Gasteiger partial charge in [-0.25, -0.2) is 0 Å². The molecule has 7 heteroatoms. The Bertz CT molecular complexity index is 421. The Hall–Kier alpha value is -1.63. The molecule has 0 radical (unpaired) electrons. The number of aryl methyl sites for hydroxylation is 1. The first kappa shape index (κ1) is 14.4. The number of hydrogen-bond donors (Lipinski definition) is 2. The lowest BCUT2D eigenvalue weighted by Crippen LogP contribution is -2.39. The lowest BCUT2D eigenvalue weighted by Gasteiger charge is -2.16. The molecule has 0 aliphatic carbocycles. The maximum absolute atomic E-state index is 12.3. The van der Waals surface area contributed by atoms with Gasteiger partial charge in [0.2, 0.25) is 0 Å². The van der Waals surface area contributed by atoms with Crippen molar-refractivity contribution in [3.8, 4) is 0 Å². The van der Waals surface area contributed by atoms with Crippen molar-refractivity contribution in [2.45, 2.75) is 19.6 Å². The highest BCUT2D eigenvalue weighted by atomic mass is 19.4. The topological polar surface area (TPSA) is 62.2 Å². The van der Waals surface area contributed by atoms with E-state index < -0.39 is 24.6 Å². The van der Waals surface area contributed by atoms with Crippen molar-refractivity contribution in [2.24, 2.45) is 5.92 Å². The standard InChI is InChI=1S/C11H13F3N2O2/c1-7-3-2-4-8(16-7)5-15-6-9(10(17)18)11(12,13)14/h2-4,9,15H,5-6H2,1H3,(H,17,18). The Labute approximate surface area is 102 Å². The number of alkyl halides is 3. The molecule has 18 heavy (non-hydrogen) atoms. The van der Waals surface area contributed by atoms with Gasteiger partial charge in [-0.15, -0.1) is 0 Å². The molecule has 0 aliphatic heterocycles. The van der Waals surface area contributed by atoms with Gasteiger partial charge in [-0.2, -0.15) is 13.2 Å². The Kier molecular flexibility index (Phi) is 4.66. The first-order valence-corrected chi connectivity index (χ1v) is 5.23. The van der Waals surface area contributed by atoms with Crippen LogP contribution in [0.25, 0.3) is 0 Å². The van der Waals surface area contributed by atoms with Crippen LogP contribution in [0.4, 0.5) is 13.2 Å². The summed E-state index contributed by atoms with van der Waals surface area (Å²) in [4.78, 5) is 14.6. The lowest BCUT2D eigenvalue weighted by atomic mass is 10.1. The fraction of sp³-hybridized carbons (Fsp3) is 0.455. The number of pyridine rings is 1. The average Bonchev–Trinajstić information content (AvgIpc) is 2.22. The summed E-state index contributed by atoms with van der Waals surface area (Å²) in [5.41, 5.74) is 1.32. The van der Waals surface area contributed by atoms with Crippen molar-refractivity contribution in [2.75, 3.05) is 6.54 Å². The maximum atomic E-state index is 12.3. The summed E-state index contributed by atoms with van der Waals surface area (Å²) in [5.74, 6) is -4.28. The summed E-state index contributed by atoms with van der Waals surface area (Å²) < 4.78 is 37.0. The van der Waals surface area contributed by atoms with E-state index in [1.54, 1.807) is 25.1 Å². The number of rotatable bonds is 5. The molecular formula is C11H13F3N2O2. The Morgan fingerprint density at radius 2 is 2.17 bits per heavy atom. The molecule has 1 aromatic rings. The molecule has 1 rings (SSSR count). The smallest absolute Gasteiger partial charge is 0.403 e. The third-order valence-corrected chi connectivity index (χ3v) is 2.29. The van der Waals surface area contributed by atoms with E-state index >= 15 is 0 Å². The summed E-state index contributed by atoms with van der Waals surface area (Å²) in [7, 11) is 0. The first-order chi connectivity index (χ1) is 8.30. The quantitative estimate of drug-likeness (QED) is 0.848. The van der Waals surface area contributed by atoms with Crippen LogP contribution in [0.5, 0.6) is 0 Å². The molecule has 1 unspecified atom stereocenters. The van der Waals surface area contributed by atoms with Crippen molar-refractivity contribution in [3.63, 3.8) is 0 Å². The predicted octanol–water partition coefficient (Wildman–Crippen LogP) is 1.74. The molecule has 1 heterocycles. The molecule has 0 saturated heterocycles. The van der Waals surface area contributed by atoms with E-state index in [1.807, 2.05) is 0 Å². The van der Waals surface area contributed by atoms with Gasteiger partial charge in [0, 0.05) is 18.8 Å². The van der Waals surface area contributed by atoms with Crippen molar-refractivity contribution in [1.82, 2.24) is 10.3 Å². The molecule has 0 fully saturated rings. The molecule has 0 aliphatic rings. The monoisotopic (exact) mass is 262 g/mol. The predicted molar refractivity (Wildman–Crippen MR) is 57.9 cm³/mol. The summed E-state index contributed by atoms with van der Waals surface area (Å²) in [6.07, 6.45) is -4.75. The highest BCUT2D eigenvalue weighted by Gasteiger charge is 2.44. The molecule has 0 aromatic carbocycles. The zero-order valence-corrected chi connectivity index (χ0v) is 9.66. The van der Waals surface area contributed by atoms with Crippen LogP contribution in [-0.4, -0.2) is 28.8 Å². The number of aliphatic carboxylic acids is 1. The average molecular weight is 262 g/mol. The largest absolute Gasteiger partial charge is 0.481 e. The first-order valence-electron chi connectivity index (χ1n) is 5.23. The third kappa shape index (κ3) is 4.33. The van der Waals surface area contributed by atoms with E-state index in [0.717, 1.165) is 5.69 Å². The van der Waals surface area contributed by atoms with Crippen molar-refractivity contribution in [3.05, 3.63) is 29.6 Å². The summed E-state index contributed by atoms with van der Waals surface area (Å²) in [5, 5.41) is 10.9. The van der Waals surface area contributed by atoms with E-state index in [4.69, 9.17) is 5.11 Å². The molecule has 2 N–H and O–H groups in total. The van der Waals surface area contributed by atoms with Gasteiger partial charge < -0.3 is 10.4 Å². The van der Waals surface area contributed by atoms with Crippen LogP contribution in [0.2, 0.25) is 0 Å². The summed E-state index contributed by atoms with van der Waals surface area (Å²) in [6.45, 7) is 1.19. The number of nitrogens with zero attached hydrogens (tertiary/aromatic N) is 1. The van der Waals surface area contributed by atoms with E-state index in [9.17, 15) is 18.0 Å². The second-order valence-corrected chi connectivity index (χ2v) is 3.83. The van der Waals surface area contributed by atoms with Crippen LogP contribution in [0.1, 0.15) is 11.4 Å². The number of aromatic nitrogens is 1. The van der Waals surface area contributed by atoms with Gasteiger partial charge in [0.15, 0.2) is 5.92 Å².